The molecule has 2 aromatic rings. The van der Waals surface area contributed by atoms with E-state index in [2.05, 4.69) is 9.88 Å². The van der Waals surface area contributed by atoms with E-state index in [-0.39, 0.29) is 11.2 Å². The van der Waals surface area contributed by atoms with Crippen LogP contribution in [0.4, 0.5) is 10.3 Å². The zero-order chi connectivity index (χ0) is 18.3. The highest BCUT2D eigenvalue weighted by atomic mass is 19.1. The number of hydrogen-bond donors (Lipinski definition) is 0. The van der Waals surface area contributed by atoms with Gasteiger partial charge in [-0.25, -0.2) is 14.4 Å². The Morgan fingerprint density at radius 3 is 2.92 bits per heavy atom. The number of hydrogen-bond acceptors (Lipinski definition) is 4. The number of anilines is 1. The van der Waals surface area contributed by atoms with E-state index in [0.717, 1.165) is 55.8 Å². The second-order valence-electron chi connectivity index (χ2n) is 8.13. The van der Waals surface area contributed by atoms with Crippen LogP contribution in [-0.2, 0) is 18.4 Å². The summed E-state index contributed by atoms with van der Waals surface area (Å²) >= 11 is 0. The molecule has 26 heavy (non-hydrogen) atoms. The fraction of sp³-hybridized carbons (Fsp3) is 0.524. The van der Waals surface area contributed by atoms with E-state index in [9.17, 15) is 4.39 Å². The topological polar surface area (TPSA) is 32.3 Å². The molecule has 1 atom stereocenters. The highest BCUT2D eigenvalue weighted by Gasteiger charge is 2.43. The molecule has 1 aromatic carbocycles. The Morgan fingerprint density at radius 1 is 1.27 bits per heavy atom. The molecule has 1 spiro atoms. The molecule has 1 aliphatic carbocycles. The Morgan fingerprint density at radius 2 is 2.12 bits per heavy atom. The van der Waals surface area contributed by atoms with Crippen LogP contribution in [0.15, 0.2) is 24.4 Å². The molecule has 1 aliphatic heterocycles. The van der Waals surface area contributed by atoms with Gasteiger partial charge in [0.15, 0.2) is 0 Å². The van der Waals surface area contributed by atoms with Gasteiger partial charge < -0.3 is 4.90 Å². The van der Waals surface area contributed by atoms with Crippen molar-refractivity contribution in [1.82, 2.24) is 14.9 Å². The smallest absolute Gasteiger partial charge is 0.225 e. The van der Waals surface area contributed by atoms with Gasteiger partial charge in [-0.1, -0.05) is 17.7 Å². The molecule has 0 saturated carbocycles. The Labute approximate surface area is 155 Å². The van der Waals surface area contributed by atoms with Gasteiger partial charge in [0.05, 0.1) is 5.69 Å². The van der Waals surface area contributed by atoms with Crippen molar-refractivity contribution in [3.63, 3.8) is 0 Å². The summed E-state index contributed by atoms with van der Waals surface area (Å²) in [5, 5.41) is 0. The first kappa shape index (κ1) is 17.4. The zero-order valence-corrected chi connectivity index (χ0v) is 15.9. The van der Waals surface area contributed by atoms with Crippen LogP contribution in [0.2, 0.25) is 0 Å². The van der Waals surface area contributed by atoms with Crippen LogP contribution in [0.5, 0.6) is 0 Å². The van der Waals surface area contributed by atoms with Crippen molar-refractivity contribution >= 4 is 5.95 Å². The average Bonchev–Trinajstić information content (AvgIpc) is 2.96. The summed E-state index contributed by atoms with van der Waals surface area (Å²) in [6.45, 7) is 4.68. The van der Waals surface area contributed by atoms with Crippen LogP contribution in [0.3, 0.4) is 0 Å². The van der Waals surface area contributed by atoms with Gasteiger partial charge in [0, 0.05) is 44.4 Å². The number of nitrogens with zero attached hydrogens (tertiary/aromatic N) is 4. The molecule has 1 aromatic heterocycles. The quantitative estimate of drug-likeness (QED) is 0.845. The van der Waals surface area contributed by atoms with E-state index < -0.39 is 0 Å². The van der Waals surface area contributed by atoms with Gasteiger partial charge in [0.1, 0.15) is 5.82 Å². The standard InChI is InChI=1S/C21H27FN4/c1-15-5-6-18(22)17(11-15)13-26-10-4-8-21(14-26)9-7-16-12-23-20(25(2)3)24-19(16)21/h5-6,11-12H,4,7-10,13-14H2,1-3H3. The van der Waals surface area contributed by atoms with Crippen LogP contribution in [-0.4, -0.2) is 42.1 Å². The minimum atomic E-state index is -0.0979. The second kappa shape index (κ2) is 6.62. The van der Waals surface area contributed by atoms with Crippen molar-refractivity contribution < 1.29 is 4.39 Å². The zero-order valence-electron chi connectivity index (χ0n) is 15.9. The molecular formula is C21H27FN4. The fourth-order valence-electron chi connectivity index (χ4n) is 4.57. The molecule has 2 aliphatic rings. The van der Waals surface area contributed by atoms with E-state index in [1.54, 1.807) is 6.07 Å². The lowest BCUT2D eigenvalue weighted by molar-refractivity contribution is 0.135. The number of fused-ring (bicyclic) bond motifs is 2. The van der Waals surface area contributed by atoms with Crippen molar-refractivity contribution in [3.05, 3.63) is 52.6 Å². The molecule has 1 fully saturated rings. The third kappa shape index (κ3) is 3.09. The van der Waals surface area contributed by atoms with Gasteiger partial charge in [0.25, 0.3) is 0 Å². The Bertz CT molecular complexity index is 816. The normalized spacial score (nSPS) is 22.6. The molecule has 4 nitrogen and oxygen atoms in total. The lowest BCUT2D eigenvalue weighted by Gasteiger charge is -2.40. The molecule has 0 amide bonds. The summed E-state index contributed by atoms with van der Waals surface area (Å²) in [5.41, 5.74) is 4.53. The largest absolute Gasteiger partial charge is 0.347 e. The first-order chi connectivity index (χ1) is 12.5. The summed E-state index contributed by atoms with van der Waals surface area (Å²) < 4.78 is 14.2. The number of piperidine rings is 1. The minimum Gasteiger partial charge on any atom is -0.347 e. The highest BCUT2D eigenvalue weighted by molar-refractivity contribution is 5.39. The van der Waals surface area contributed by atoms with Gasteiger partial charge in [-0.05, 0) is 50.8 Å². The van der Waals surface area contributed by atoms with E-state index >= 15 is 0 Å². The predicted octanol–water partition coefficient (Wildman–Crippen LogP) is 3.47. The minimum absolute atomic E-state index is 0.0979. The maximum absolute atomic E-state index is 14.2. The molecule has 0 radical (unpaired) electrons. The average molecular weight is 354 g/mol. The SMILES string of the molecule is Cc1ccc(F)c(CN2CCCC3(CCc4cnc(N(C)C)nc43)C2)c1. The molecule has 138 valence electrons. The van der Waals surface area contributed by atoms with Gasteiger partial charge in [-0.3, -0.25) is 4.90 Å². The van der Waals surface area contributed by atoms with Crippen molar-refractivity contribution in [2.45, 2.75) is 44.6 Å². The maximum Gasteiger partial charge on any atom is 0.225 e. The van der Waals surface area contributed by atoms with E-state index in [0.29, 0.717) is 6.54 Å². The first-order valence-electron chi connectivity index (χ1n) is 9.48. The molecule has 4 rings (SSSR count). The molecule has 1 unspecified atom stereocenters. The van der Waals surface area contributed by atoms with Crippen LogP contribution in [0.1, 0.15) is 41.6 Å². The number of benzene rings is 1. The van der Waals surface area contributed by atoms with Crippen molar-refractivity contribution in [2.75, 3.05) is 32.1 Å². The molecule has 0 N–H and O–H groups in total. The molecule has 2 heterocycles. The predicted molar refractivity (Wildman–Crippen MR) is 102 cm³/mol. The Balaban J connectivity index is 1.60. The number of rotatable bonds is 3. The molecule has 0 bridgehead atoms. The van der Waals surface area contributed by atoms with Crippen molar-refractivity contribution in [1.29, 1.82) is 0 Å². The van der Waals surface area contributed by atoms with E-state index in [4.69, 9.17) is 4.98 Å². The lowest BCUT2D eigenvalue weighted by atomic mass is 9.77. The molecular weight excluding hydrogens is 327 g/mol. The van der Waals surface area contributed by atoms with Gasteiger partial charge in [-0.15, -0.1) is 0 Å². The number of halogens is 1. The monoisotopic (exact) mass is 354 g/mol. The summed E-state index contributed by atoms with van der Waals surface area (Å²) in [5.74, 6) is 0.686. The van der Waals surface area contributed by atoms with E-state index in [1.165, 1.54) is 11.3 Å². The van der Waals surface area contributed by atoms with Gasteiger partial charge in [0.2, 0.25) is 5.95 Å². The first-order valence-corrected chi connectivity index (χ1v) is 9.48. The fourth-order valence-corrected chi connectivity index (χ4v) is 4.57. The Hall–Kier alpha value is -2.01. The molecule has 5 heteroatoms. The summed E-state index contributed by atoms with van der Waals surface area (Å²) in [7, 11) is 3.97. The van der Waals surface area contributed by atoms with Crippen LogP contribution in [0, 0.1) is 12.7 Å². The maximum atomic E-state index is 14.2. The Kier molecular flexibility index (Phi) is 4.43. The number of likely N-dealkylation sites (tertiary alicyclic amines) is 1. The third-order valence-corrected chi connectivity index (χ3v) is 5.88. The molecule has 1 saturated heterocycles. The van der Waals surface area contributed by atoms with Crippen LogP contribution >= 0.6 is 0 Å². The van der Waals surface area contributed by atoms with Crippen LogP contribution in [0.25, 0.3) is 0 Å². The summed E-state index contributed by atoms with van der Waals surface area (Å²) in [6.07, 6.45) is 6.48. The van der Waals surface area contributed by atoms with Crippen LogP contribution < -0.4 is 4.90 Å². The third-order valence-electron chi connectivity index (χ3n) is 5.88. The van der Waals surface area contributed by atoms with Gasteiger partial charge >= 0.3 is 0 Å². The van der Waals surface area contributed by atoms with Crippen molar-refractivity contribution in [3.8, 4) is 0 Å². The number of aromatic nitrogens is 2. The summed E-state index contributed by atoms with van der Waals surface area (Å²) in [4.78, 5) is 13.8. The van der Waals surface area contributed by atoms with E-state index in [1.807, 2.05) is 44.2 Å². The van der Waals surface area contributed by atoms with Crippen molar-refractivity contribution in [2.24, 2.45) is 0 Å². The van der Waals surface area contributed by atoms with Gasteiger partial charge in [-0.2, -0.15) is 0 Å². The second-order valence-corrected chi connectivity index (χ2v) is 8.13. The number of aryl methyl sites for hydroxylation is 2. The highest BCUT2D eigenvalue weighted by Crippen LogP contribution is 2.44. The summed E-state index contributed by atoms with van der Waals surface area (Å²) in [6, 6.07) is 5.40. The lowest BCUT2D eigenvalue weighted by Crippen LogP contribution is -2.45.